The smallest absolute Gasteiger partial charge is 0.206 e. The molecule has 0 aliphatic carbocycles. The summed E-state index contributed by atoms with van der Waals surface area (Å²) in [6.45, 7) is 6.08. The Morgan fingerprint density at radius 1 is 1.05 bits per heavy atom. The second-order valence-electron chi connectivity index (χ2n) is 5.33. The molecular formula is C17H19FO2S. The van der Waals surface area contributed by atoms with Crippen molar-refractivity contribution in [1.82, 2.24) is 0 Å². The van der Waals surface area contributed by atoms with Crippen molar-refractivity contribution in [3.8, 4) is 0 Å². The third-order valence-corrected chi connectivity index (χ3v) is 5.42. The van der Waals surface area contributed by atoms with Crippen LogP contribution in [0.15, 0.2) is 52.3 Å². The molecule has 0 N–H and O–H groups in total. The highest BCUT2D eigenvalue weighted by atomic mass is 32.2. The van der Waals surface area contributed by atoms with E-state index in [0.717, 1.165) is 11.1 Å². The molecule has 0 spiro atoms. The lowest BCUT2D eigenvalue weighted by Gasteiger charge is -2.13. The maximum Gasteiger partial charge on any atom is 0.206 e. The standard InChI is InChI=1S/C17H19FO2S/c1-4-13-11-14(12(2)3)5-10-17(13)21(19,20)16-8-6-15(18)7-9-16/h5-12H,4H2,1-3H3. The molecule has 0 fully saturated rings. The lowest BCUT2D eigenvalue weighted by Crippen LogP contribution is -2.06. The summed E-state index contributed by atoms with van der Waals surface area (Å²) in [5.74, 6) is -0.0994. The number of rotatable bonds is 4. The van der Waals surface area contributed by atoms with Gasteiger partial charge in [-0.1, -0.05) is 32.9 Å². The molecule has 4 heteroatoms. The van der Waals surface area contributed by atoms with Crippen LogP contribution in [-0.2, 0) is 16.3 Å². The van der Waals surface area contributed by atoms with E-state index in [0.29, 0.717) is 17.2 Å². The van der Waals surface area contributed by atoms with Gasteiger partial charge in [0.05, 0.1) is 9.79 Å². The first-order valence-corrected chi connectivity index (χ1v) is 8.48. The Kier molecular flexibility index (Phi) is 4.47. The van der Waals surface area contributed by atoms with Crippen molar-refractivity contribution in [2.75, 3.05) is 0 Å². The fraction of sp³-hybridized carbons (Fsp3) is 0.294. The Hall–Kier alpha value is -1.68. The molecule has 0 aromatic heterocycles. The fourth-order valence-corrected chi connectivity index (χ4v) is 3.78. The molecule has 0 aliphatic rings. The lowest BCUT2D eigenvalue weighted by atomic mass is 10.00. The van der Waals surface area contributed by atoms with Gasteiger partial charge in [0.2, 0.25) is 9.84 Å². The number of hydrogen-bond donors (Lipinski definition) is 0. The minimum atomic E-state index is -3.61. The molecule has 2 aromatic carbocycles. The zero-order valence-electron chi connectivity index (χ0n) is 12.4. The molecule has 0 aliphatic heterocycles. The molecule has 0 saturated heterocycles. The molecule has 0 radical (unpaired) electrons. The largest absolute Gasteiger partial charge is 0.219 e. The average Bonchev–Trinajstić information content (AvgIpc) is 2.46. The van der Waals surface area contributed by atoms with Crippen molar-refractivity contribution in [2.24, 2.45) is 0 Å². The van der Waals surface area contributed by atoms with Crippen LogP contribution in [0.3, 0.4) is 0 Å². The van der Waals surface area contributed by atoms with Gasteiger partial charge in [-0.15, -0.1) is 0 Å². The molecule has 2 aromatic rings. The highest BCUT2D eigenvalue weighted by molar-refractivity contribution is 7.91. The van der Waals surface area contributed by atoms with Gasteiger partial charge in [0.15, 0.2) is 0 Å². The fourth-order valence-electron chi connectivity index (χ4n) is 2.24. The van der Waals surface area contributed by atoms with Crippen LogP contribution in [-0.4, -0.2) is 8.42 Å². The Balaban J connectivity index is 2.56. The minimum absolute atomic E-state index is 0.121. The number of aryl methyl sites for hydroxylation is 1. The molecule has 0 atom stereocenters. The van der Waals surface area contributed by atoms with Gasteiger partial charge in [-0.25, -0.2) is 12.8 Å². The summed E-state index contributed by atoms with van der Waals surface area (Å²) in [5, 5.41) is 0. The number of sulfone groups is 1. The summed E-state index contributed by atoms with van der Waals surface area (Å²) < 4.78 is 38.3. The van der Waals surface area contributed by atoms with E-state index in [-0.39, 0.29) is 4.90 Å². The summed E-state index contributed by atoms with van der Waals surface area (Å²) in [7, 11) is -3.61. The second kappa shape index (κ2) is 5.98. The molecule has 0 saturated carbocycles. The highest BCUT2D eigenvalue weighted by Gasteiger charge is 2.21. The van der Waals surface area contributed by atoms with E-state index in [1.54, 1.807) is 6.07 Å². The Bertz CT molecular complexity index is 732. The van der Waals surface area contributed by atoms with Crippen molar-refractivity contribution in [3.05, 3.63) is 59.4 Å². The average molecular weight is 306 g/mol. The molecular weight excluding hydrogens is 287 g/mol. The topological polar surface area (TPSA) is 34.1 Å². The van der Waals surface area contributed by atoms with Crippen LogP contribution in [0.2, 0.25) is 0 Å². The molecule has 0 unspecified atom stereocenters. The maximum absolute atomic E-state index is 13.0. The van der Waals surface area contributed by atoms with E-state index in [4.69, 9.17) is 0 Å². The quantitative estimate of drug-likeness (QED) is 0.787. The van der Waals surface area contributed by atoms with Crippen LogP contribution < -0.4 is 0 Å². The zero-order chi connectivity index (χ0) is 15.6. The van der Waals surface area contributed by atoms with E-state index in [9.17, 15) is 12.8 Å². The van der Waals surface area contributed by atoms with Crippen LogP contribution in [0.5, 0.6) is 0 Å². The van der Waals surface area contributed by atoms with E-state index < -0.39 is 15.7 Å². The van der Waals surface area contributed by atoms with Gasteiger partial charge >= 0.3 is 0 Å². The number of hydrogen-bond acceptors (Lipinski definition) is 2. The molecule has 0 amide bonds. The van der Waals surface area contributed by atoms with E-state index in [1.165, 1.54) is 24.3 Å². The first-order valence-electron chi connectivity index (χ1n) is 6.99. The SMILES string of the molecule is CCc1cc(C(C)C)ccc1S(=O)(=O)c1ccc(F)cc1. The van der Waals surface area contributed by atoms with Gasteiger partial charge < -0.3 is 0 Å². The predicted octanol–water partition coefficient (Wildman–Crippen LogP) is 4.34. The van der Waals surface area contributed by atoms with E-state index in [2.05, 4.69) is 13.8 Å². The zero-order valence-corrected chi connectivity index (χ0v) is 13.2. The van der Waals surface area contributed by atoms with Crippen molar-refractivity contribution >= 4 is 9.84 Å². The molecule has 112 valence electrons. The number of halogens is 1. The lowest BCUT2D eigenvalue weighted by molar-refractivity contribution is 0.593. The summed E-state index contributed by atoms with van der Waals surface area (Å²) >= 11 is 0. The van der Waals surface area contributed by atoms with Gasteiger partial charge in [0.1, 0.15) is 5.82 Å². The van der Waals surface area contributed by atoms with E-state index in [1.807, 2.05) is 19.1 Å². The van der Waals surface area contributed by atoms with E-state index >= 15 is 0 Å². The van der Waals surface area contributed by atoms with Gasteiger partial charge in [-0.2, -0.15) is 0 Å². The molecule has 21 heavy (non-hydrogen) atoms. The van der Waals surface area contributed by atoms with Gasteiger partial charge in [0.25, 0.3) is 0 Å². The third-order valence-electron chi connectivity index (χ3n) is 3.55. The maximum atomic E-state index is 13.0. The van der Waals surface area contributed by atoms with Crippen molar-refractivity contribution in [1.29, 1.82) is 0 Å². The van der Waals surface area contributed by atoms with Crippen LogP contribution in [0.4, 0.5) is 4.39 Å². The third kappa shape index (κ3) is 3.16. The Morgan fingerprint density at radius 3 is 2.19 bits per heavy atom. The Morgan fingerprint density at radius 2 is 1.67 bits per heavy atom. The summed E-state index contributed by atoms with van der Waals surface area (Å²) in [5.41, 5.74) is 1.91. The summed E-state index contributed by atoms with van der Waals surface area (Å²) in [6.07, 6.45) is 0.635. The van der Waals surface area contributed by atoms with Crippen LogP contribution >= 0.6 is 0 Å². The molecule has 0 bridgehead atoms. The van der Waals surface area contributed by atoms with Crippen LogP contribution in [0.1, 0.15) is 37.8 Å². The minimum Gasteiger partial charge on any atom is -0.219 e. The second-order valence-corrected chi connectivity index (χ2v) is 7.25. The molecule has 2 rings (SSSR count). The van der Waals surface area contributed by atoms with Gasteiger partial charge in [0, 0.05) is 0 Å². The van der Waals surface area contributed by atoms with Crippen LogP contribution in [0.25, 0.3) is 0 Å². The first kappa shape index (κ1) is 15.7. The van der Waals surface area contributed by atoms with Gasteiger partial charge in [-0.05, 0) is 53.8 Å². The van der Waals surface area contributed by atoms with Crippen LogP contribution in [0, 0.1) is 5.82 Å². The predicted molar refractivity (Wildman–Crippen MR) is 81.8 cm³/mol. The summed E-state index contributed by atoms with van der Waals surface area (Å²) in [6, 6.07) is 10.4. The van der Waals surface area contributed by atoms with Gasteiger partial charge in [-0.3, -0.25) is 0 Å². The van der Waals surface area contributed by atoms with Crippen molar-refractivity contribution in [2.45, 2.75) is 42.9 Å². The summed E-state index contributed by atoms with van der Waals surface area (Å²) in [4.78, 5) is 0.428. The molecule has 0 heterocycles. The van der Waals surface area contributed by atoms with Crippen molar-refractivity contribution in [3.63, 3.8) is 0 Å². The number of benzene rings is 2. The Labute approximate surface area is 125 Å². The first-order chi connectivity index (χ1) is 9.86. The monoisotopic (exact) mass is 306 g/mol. The highest BCUT2D eigenvalue weighted by Crippen LogP contribution is 2.27. The van der Waals surface area contributed by atoms with Crippen molar-refractivity contribution < 1.29 is 12.8 Å². The molecule has 2 nitrogen and oxygen atoms in total. The normalized spacial score (nSPS) is 11.9.